The summed E-state index contributed by atoms with van der Waals surface area (Å²) in [5, 5.41) is 3.99. The molecule has 0 unspecified atom stereocenters. The van der Waals surface area contributed by atoms with Gasteiger partial charge in [-0.05, 0) is 155 Å². The average Bonchev–Trinajstić information content (AvgIpc) is 1.54. The van der Waals surface area contributed by atoms with E-state index >= 15 is 0 Å². The molecule has 11 aromatic rings. The molecule has 0 atom stereocenters. The maximum atomic E-state index is 9.01. The van der Waals surface area contributed by atoms with Crippen LogP contribution in [0.1, 0.15) is 176 Å². The van der Waals surface area contributed by atoms with Gasteiger partial charge in [-0.1, -0.05) is 270 Å². The van der Waals surface area contributed by atoms with Crippen molar-refractivity contribution in [3.63, 3.8) is 0 Å². The van der Waals surface area contributed by atoms with E-state index in [1.165, 1.54) is 27.8 Å². The predicted octanol–water partition coefficient (Wildman–Crippen LogP) is 22.7. The second-order valence-corrected chi connectivity index (χ2v) is 28.6. The van der Waals surface area contributed by atoms with E-state index in [0.29, 0.717) is 16.7 Å². The fraction of sp³-hybridized carbons (Fsp3) is 0.316. The molecule has 0 N–H and O–H groups in total. The van der Waals surface area contributed by atoms with Gasteiger partial charge in [-0.15, -0.1) is 0 Å². The van der Waals surface area contributed by atoms with Crippen LogP contribution >= 0.6 is 0 Å². The number of fused-ring (bicyclic) bond motifs is 6. The van der Waals surface area contributed by atoms with E-state index < -0.39 is 0 Å². The van der Waals surface area contributed by atoms with Gasteiger partial charge in [-0.25, -0.2) is 0 Å². The van der Waals surface area contributed by atoms with E-state index in [0.717, 1.165) is 77.2 Å². The van der Waals surface area contributed by atoms with Gasteiger partial charge >= 0.3 is 0 Å². The zero-order valence-corrected chi connectivity index (χ0v) is 51.6. The van der Waals surface area contributed by atoms with Gasteiger partial charge in [0.25, 0.3) is 0 Å². The molecule has 0 bridgehead atoms. The Balaban J connectivity index is 0.000000200. The maximum absolute atomic E-state index is 9.01. The van der Waals surface area contributed by atoms with E-state index in [4.69, 9.17) is 12.3 Å². The Labute approximate surface area is 498 Å². The first-order valence-electron chi connectivity index (χ1n) is 33.4. The van der Waals surface area contributed by atoms with Crippen molar-refractivity contribution in [2.45, 2.75) is 164 Å². The Morgan fingerprint density at radius 2 is 0.753 bits per heavy atom. The summed E-state index contributed by atoms with van der Waals surface area (Å²) >= 11 is 0. The van der Waals surface area contributed by atoms with Crippen molar-refractivity contribution in [2.75, 3.05) is 0 Å². The average molecular weight is 1070 g/mol. The number of aromatic nitrogens is 2. The monoisotopic (exact) mass is 1070 g/mol. The van der Waals surface area contributed by atoms with Crippen LogP contribution in [0, 0.1) is 6.92 Å². The summed E-state index contributed by atoms with van der Waals surface area (Å²) in [7, 11) is 0. The smallest absolute Gasteiger partial charge is 0.0632 e. The van der Waals surface area contributed by atoms with Gasteiger partial charge < -0.3 is 9.13 Å². The van der Waals surface area contributed by atoms with Crippen molar-refractivity contribution in [1.29, 1.82) is 0 Å². The third-order valence-corrected chi connectivity index (χ3v) is 16.0. The zero-order valence-electron chi connectivity index (χ0n) is 60.6. The fourth-order valence-electron chi connectivity index (χ4n) is 11.7. The van der Waals surface area contributed by atoms with Crippen molar-refractivity contribution in [3.05, 3.63) is 227 Å². The summed E-state index contributed by atoms with van der Waals surface area (Å²) in [6, 6.07) is 45.6. The summed E-state index contributed by atoms with van der Waals surface area (Å²) < 4.78 is 82.8. The second-order valence-electron chi connectivity index (χ2n) is 28.6. The zero-order chi connectivity index (χ0) is 66.2. The molecule has 0 saturated heterocycles. The molecule has 0 saturated carbocycles. The topological polar surface area (TPSA) is 9.86 Å². The molecule has 2 aromatic heterocycles. The first kappa shape index (κ1) is 46.2. The lowest BCUT2D eigenvalue weighted by Gasteiger charge is -2.27. The molecule has 2 heteroatoms. The van der Waals surface area contributed by atoms with Gasteiger partial charge in [0.2, 0.25) is 0 Å². The molecule has 2 heterocycles. The van der Waals surface area contributed by atoms with Crippen LogP contribution in [0.25, 0.3) is 88.4 Å². The lowest BCUT2D eigenvalue weighted by atomic mass is 9.78. The maximum Gasteiger partial charge on any atom is 0.0632 e. The molecule has 2 nitrogen and oxygen atoms in total. The first-order chi connectivity index (χ1) is 41.7. The Morgan fingerprint density at radius 1 is 0.321 bits per heavy atom. The van der Waals surface area contributed by atoms with Crippen molar-refractivity contribution >= 4 is 43.6 Å². The van der Waals surface area contributed by atoms with Crippen LogP contribution in [0.3, 0.4) is 0 Å². The van der Waals surface area contributed by atoms with E-state index in [1.807, 2.05) is 30.3 Å². The number of rotatable bonds is 5. The summed E-state index contributed by atoms with van der Waals surface area (Å²) in [5.41, 5.74) is 17.4. The van der Waals surface area contributed by atoms with E-state index in [-0.39, 0.29) is 92.4 Å². The van der Waals surface area contributed by atoms with Crippen LogP contribution in [0.2, 0.25) is 0 Å². The molecule has 0 radical (unpaired) electrons. The summed E-state index contributed by atoms with van der Waals surface area (Å²) in [4.78, 5) is 0. The molecular weight excluding hydrogens is 977 g/mol. The highest BCUT2D eigenvalue weighted by atomic mass is 15.0. The van der Waals surface area contributed by atoms with Crippen LogP contribution in [0.15, 0.2) is 188 Å². The van der Waals surface area contributed by atoms with Crippen LogP contribution in [0.4, 0.5) is 0 Å². The Bertz CT molecular complexity index is 4570. The Kier molecular flexibility index (Phi) is 11.7. The van der Waals surface area contributed by atoms with Gasteiger partial charge in [0.1, 0.15) is 0 Å². The molecule has 414 valence electrons. The molecule has 11 rings (SSSR count). The molecule has 0 fully saturated rings. The predicted molar refractivity (Wildman–Crippen MR) is 355 cm³/mol. The third kappa shape index (κ3) is 11.0. The number of hydrogen-bond donors (Lipinski definition) is 0. The quantitative estimate of drug-likeness (QED) is 0.163. The van der Waals surface area contributed by atoms with Crippen molar-refractivity contribution in [3.8, 4) is 44.8 Å². The lowest BCUT2D eigenvalue weighted by Crippen LogP contribution is -2.17. The minimum atomic E-state index is -0.390. The highest BCUT2D eigenvalue weighted by Gasteiger charge is 2.30. The highest BCUT2D eigenvalue weighted by Crippen LogP contribution is 2.48. The normalized spacial score (nSPS) is 14.4. The Hall–Kier alpha value is -7.42. The number of nitrogens with zero attached hydrogens (tertiary/aromatic N) is 2. The summed E-state index contributed by atoms with van der Waals surface area (Å²) in [5.74, 6) is 0. The van der Waals surface area contributed by atoms with E-state index in [2.05, 4.69) is 237 Å². The summed E-state index contributed by atoms with van der Waals surface area (Å²) in [6.45, 7) is 42.0. The fourth-order valence-corrected chi connectivity index (χ4v) is 11.7. The third-order valence-electron chi connectivity index (χ3n) is 16.0. The molecule has 0 aliphatic heterocycles. The molecule has 0 spiro atoms. The van der Waals surface area contributed by atoms with Crippen molar-refractivity contribution in [2.24, 2.45) is 0 Å². The van der Waals surface area contributed by atoms with Crippen LogP contribution in [-0.4, -0.2) is 9.13 Å². The van der Waals surface area contributed by atoms with Gasteiger partial charge in [0.05, 0.1) is 34.4 Å². The SMILES string of the molecule is [2H]c1c([2H])c(C)c([2H])c(-c2cccc3c2c2c(C(C)(C)C)cccc2n3-c2cc(C(C)(C)C)cc(C(C)(C)C)c2)c1[2H].[2H]c1c([2H])c([2H])c(-c2cccc3c2c2c(C(C)(C)C)c(-c4ccccc4)ccc2n3-c2cc(C(C)(C)C)cc(C(C)(C)C)c2)c([2H])c1[2H]. The summed E-state index contributed by atoms with van der Waals surface area (Å²) in [6.07, 6.45) is 0. The van der Waals surface area contributed by atoms with Crippen molar-refractivity contribution < 1.29 is 12.3 Å². The Morgan fingerprint density at radius 3 is 1.22 bits per heavy atom. The standard InChI is InChI=1S/C42H45N.C37H43N/c1-40(2,3)30-25-31(41(4,5)6)27-32(26-30)43-35-22-16-21-33(28-17-12-10-13-18-28)37(35)38-36(43)24-23-34(39(38)42(7,8)9)29-19-14-11-15-20-29;1-24-14-11-15-25(20-24)29-16-12-18-31-33(29)34-30(37(8,9)10)17-13-19-32(34)38(31)28-22-26(35(2,3)4)21-27(23-28)36(5,6)7/h10-27H,1-9H3;11-23H,1-10H3/i10D,12D,13D,17D,18D;11D,14D,15D,20D. The van der Waals surface area contributed by atoms with Gasteiger partial charge in [-0.2, -0.15) is 0 Å². The number of hydrogen-bond acceptors (Lipinski definition) is 0. The molecule has 81 heavy (non-hydrogen) atoms. The molecule has 0 aliphatic rings. The molecule has 0 amide bonds. The molecule has 0 aliphatic carbocycles. The number of benzene rings is 9. The van der Waals surface area contributed by atoms with Crippen LogP contribution in [-0.2, 0) is 32.5 Å². The first-order valence-corrected chi connectivity index (χ1v) is 28.9. The lowest BCUT2D eigenvalue weighted by molar-refractivity contribution is 0.567. The van der Waals surface area contributed by atoms with E-state index in [9.17, 15) is 0 Å². The van der Waals surface area contributed by atoms with Gasteiger partial charge in [0.15, 0.2) is 0 Å². The van der Waals surface area contributed by atoms with Crippen molar-refractivity contribution in [1.82, 2.24) is 9.13 Å². The molecule has 9 aromatic carbocycles. The second kappa shape index (κ2) is 20.5. The minimum Gasteiger partial charge on any atom is -0.309 e. The largest absolute Gasteiger partial charge is 0.309 e. The van der Waals surface area contributed by atoms with Gasteiger partial charge in [-0.3, -0.25) is 0 Å². The molecular formula is C79H88N2. The van der Waals surface area contributed by atoms with Crippen LogP contribution in [0.5, 0.6) is 0 Å². The van der Waals surface area contributed by atoms with Crippen LogP contribution < -0.4 is 0 Å². The highest BCUT2D eigenvalue weighted by molar-refractivity contribution is 6.19. The van der Waals surface area contributed by atoms with E-state index in [1.54, 1.807) is 6.92 Å². The van der Waals surface area contributed by atoms with Gasteiger partial charge in [0, 0.05) is 32.9 Å². The minimum absolute atomic E-state index is 0.0448.